The molecule has 1 fully saturated rings. The van der Waals surface area contributed by atoms with Crippen molar-refractivity contribution in [1.82, 2.24) is 10.2 Å². The number of carbonyl (C=O) groups is 2. The standard InChI is InChI=1S/C16H26N2O3/c1-4-9-13(5-2)17-15(21)18(3)16(12-14(19)20)10-7-6-8-11-16/h1,13H,5-12H2,2-3H3,(H,17,21)(H,19,20). The zero-order valence-electron chi connectivity index (χ0n) is 13.0. The lowest BCUT2D eigenvalue weighted by atomic mass is 9.78. The van der Waals surface area contributed by atoms with Gasteiger partial charge in [-0.2, -0.15) is 0 Å². The number of hydrogen-bond acceptors (Lipinski definition) is 2. The average molecular weight is 294 g/mol. The summed E-state index contributed by atoms with van der Waals surface area (Å²) in [4.78, 5) is 25.2. The van der Waals surface area contributed by atoms with Crippen LogP contribution in [0.4, 0.5) is 4.79 Å². The number of hydrogen-bond donors (Lipinski definition) is 2. The van der Waals surface area contributed by atoms with Crippen LogP contribution in [0.2, 0.25) is 0 Å². The molecule has 1 atom stereocenters. The first-order valence-electron chi connectivity index (χ1n) is 7.65. The molecule has 1 aliphatic rings. The predicted octanol–water partition coefficient (Wildman–Crippen LogP) is 2.61. The van der Waals surface area contributed by atoms with E-state index in [1.165, 1.54) is 0 Å². The van der Waals surface area contributed by atoms with Gasteiger partial charge in [0, 0.05) is 19.5 Å². The number of terminal acetylenes is 1. The molecule has 0 aliphatic heterocycles. The van der Waals surface area contributed by atoms with Crippen LogP contribution in [0.25, 0.3) is 0 Å². The van der Waals surface area contributed by atoms with Crippen molar-refractivity contribution in [2.45, 2.75) is 69.9 Å². The van der Waals surface area contributed by atoms with Gasteiger partial charge < -0.3 is 15.3 Å². The first kappa shape index (κ1) is 17.4. The molecule has 1 unspecified atom stereocenters. The van der Waals surface area contributed by atoms with Crippen molar-refractivity contribution in [1.29, 1.82) is 0 Å². The van der Waals surface area contributed by atoms with E-state index < -0.39 is 11.5 Å². The lowest BCUT2D eigenvalue weighted by molar-refractivity contribution is -0.140. The van der Waals surface area contributed by atoms with Gasteiger partial charge >= 0.3 is 12.0 Å². The van der Waals surface area contributed by atoms with Gasteiger partial charge in [-0.3, -0.25) is 4.79 Å². The van der Waals surface area contributed by atoms with Crippen LogP contribution < -0.4 is 5.32 Å². The van der Waals surface area contributed by atoms with E-state index in [-0.39, 0.29) is 18.5 Å². The maximum Gasteiger partial charge on any atom is 0.317 e. The normalized spacial score (nSPS) is 18.3. The van der Waals surface area contributed by atoms with Crippen LogP contribution in [0.1, 0.15) is 58.3 Å². The zero-order chi connectivity index (χ0) is 15.9. The highest BCUT2D eigenvalue weighted by Crippen LogP contribution is 2.36. The monoisotopic (exact) mass is 294 g/mol. The van der Waals surface area contributed by atoms with Crippen molar-refractivity contribution < 1.29 is 14.7 Å². The fourth-order valence-corrected chi connectivity index (χ4v) is 3.05. The minimum absolute atomic E-state index is 0.00283. The summed E-state index contributed by atoms with van der Waals surface area (Å²) in [6, 6.07) is -0.282. The molecule has 2 N–H and O–H groups in total. The number of carboxylic acids is 1. The van der Waals surface area contributed by atoms with Crippen LogP contribution >= 0.6 is 0 Å². The number of amides is 2. The van der Waals surface area contributed by atoms with Crippen molar-refractivity contribution >= 4 is 12.0 Å². The highest BCUT2D eigenvalue weighted by atomic mass is 16.4. The van der Waals surface area contributed by atoms with Crippen LogP contribution in [-0.2, 0) is 4.79 Å². The van der Waals surface area contributed by atoms with Crippen molar-refractivity contribution in [3.63, 3.8) is 0 Å². The van der Waals surface area contributed by atoms with E-state index in [4.69, 9.17) is 6.42 Å². The van der Waals surface area contributed by atoms with E-state index in [0.29, 0.717) is 6.42 Å². The molecule has 0 radical (unpaired) electrons. The molecule has 21 heavy (non-hydrogen) atoms. The first-order chi connectivity index (χ1) is 9.95. The molecule has 0 heterocycles. The molecule has 0 spiro atoms. The Labute approximate surface area is 127 Å². The van der Waals surface area contributed by atoms with E-state index in [0.717, 1.165) is 38.5 Å². The number of carboxylic acid groups (broad SMARTS) is 1. The van der Waals surface area contributed by atoms with E-state index in [1.807, 2.05) is 6.92 Å². The average Bonchev–Trinajstić information content (AvgIpc) is 2.46. The Hall–Kier alpha value is -1.70. The van der Waals surface area contributed by atoms with Crippen molar-refractivity contribution in [3.05, 3.63) is 0 Å². The second-order valence-corrected chi connectivity index (χ2v) is 5.88. The maximum atomic E-state index is 12.4. The topological polar surface area (TPSA) is 69.6 Å². The SMILES string of the molecule is C#CCC(CC)NC(=O)N(C)C1(CC(=O)O)CCCCC1. The van der Waals surface area contributed by atoms with Gasteiger partial charge in [0.05, 0.1) is 12.0 Å². The Morgan fingerprint density at radius 3 is 2.48 bits per heavy atom. The summed E-state index contributed by atoms with van der Waals surface area (Å²) in [5.74, 6) is 1.70. The molecule has 0 saturated heterocycles. The van der Waals surface area contributed by atoms with Gasteiger partial charge in [0.1, 0.15) is 0 Å². The molecular formula is C16H26N2O3. The molecule has 5 nitrogen and oxygen atoms in total. The van der Waals surface area contributed by atoms with Crippen LogP contribution in [-0.4, -0.2) is 40.6 Å². The summed E-state index contributed by atoms with van der Waals surface area (Å²) < 4.78 is 0. The van der Waals surface area contributed by atoms with Crippen molar-refractivity contribution in [2.75, 3.05) is 7.05 Å². The highest BCUT2D eigenvalue weighted by molar-refractivity contribution is 5.77. The van der Waals surface area contributed by atoms with Gasteiger partial charge in [0.15, 0.2) is 0 Å². The van der Waals surface area contributed by atoms with Gasteiger partial charge in [-0.05, 0) is 19.3 Å². The maximum absolute atomic E-state index is 12.4. The van der Waals surface area contributed by atoms with E-state index in [9.17, 15) is 14.7 Å². The summed E-state index contributed by atoms with van der Waals surface area (Å²) in [5, 5.41) is 12.1. The summed E-state index contributed by atoms with van der Waals surface area (Å²) in [7, 11) is 1.70. The van der Waals surface area contributed by atoms with Gasteiger partial charge in [-0.15, -0.1) is 12.3 Å². The van der Waals surface area contributed by atoms with Gasteiger partial charge in [-0.1, -0.05) is 26.2 Å². The summed E-state index contributed by atoms with van der Waals surface area (Å²) in [6.07, 6.45) is 11.1. The molecule has 2 amide bonds. The first-order valence-corrected chi connectivity index (χ1v) is 7.65. The second kappa shape index (κ2) is 7.92. The molecular weight excluding hydrogens is 268 g/mol. The number of nitrogens with zero attached hydrogens (tertiary/aromatic N) is 1. The smallest absolute Gasteiger partial charge is 0.317 e. The second-order valence-electron chi connectivity index (χ2n) is 5.88. The highest BCUT2D eigenvalue weighted by Gasteiger charge is 2.40. The number of rotatable bonds is 6. The third-order valence-corrected chi connectivity index (χ3v) is 4.47. The minimum Gasteiger partial charge on any atom is -0.481 e. The number of nitrogens with one attached hydrogen (secondary N) is 1. The molecule has 1 aliphatic carbocycles. The molecule has 0 bridgehead atoms. The summed E-state index contributed by atoms with van der Waals surface area (Å²) >= 11 is 0. The predicted molar refractivity (Wildman–Crippen MR) is 81.9 cm³/mol. The number of urea groups is 1. The van der Waals surface area contributed by atoms with Gasteiger partial charge in [-0.25, -0.2) is 4.79 Å². The molecule has 0 aromatic heterocycles. The molecule has 0 aromatic rings. The third-order valence-electron chi connectivity index (χ3n) is 4.47. The minimum atomic E-state index is -0.854. The molecule has 1 rings (SSSR count). The quantitative estimate of drug-likeness (QED) is 0.740. The van der Waals surface area contributed by atoms with Crippen LogP contribution in [0.15, 0.2) is 0 Å². The van der Waals surface area contributed by atoms with Gasteiger partial charge in [0.2, 0.25) is 0 Å². The lowest BCUT2D eigenvalue weighted by Crippen LogP contribution is -2.56. The Bertz CT molecular complexity index is 408. The van der Waals surface area contributed by atoms with Crippen LogP contribution in [0.3, 0.4) is 0 Å². The molecule has 1 saturated carbocycles. The summed E-state index contributed by atoms with van der Waals surface area (Å²) in [6.45, 7) is 1.97. The van der Waals surface area contributed by atoms with E-state index >= 15 is 0 Å². The Morgan fingerprint density at radius 1 is 1.38 bits per heavy atom. The lowest BCUT2D eigenvalue weighted by Gasteiger charge is -2.44. The number of aliphatic carboxylic acids is 1. The number of carbonyl (C=O) groups excluding carboxylic acids is 1. The Kier molecular flexibility index (Phi) is 6.54. The third kappa shape index (κ3) is 4.66. The van der Waals surface area contributed by atoms with Crippen molar-refractivity contribution in [3.8, 4) is 12.3 Å². The molecule has 118 valence electrons. The summed E-state index contributed by atoms with van der Waals surface area (Å²) in [5.41, 5.74) is -0.567. The van der Waals surface area contributed by atoms with Gasteiger partial charge in [0.25, 0.3) is 0 Å². The molecule has 5 heteroatoms. The molecule has 0 aromatic carbocycles. The van der Waals surface area contributed by atoms with Crippen LogP contribution in [0.5, 0.6) is 0 Å². The van der Waals surface area contributed by atoms with Crippen LogP contribution in [0, 0.1) is 12.3 Å². The van der Waals surface area contributed by atoms with E-state index in [1.54, 1.807) is 11.9 Å². The zero-order valence-corrected chi connectivity index (χ0v) is 13.0. The largest absolute Gasteiger partial charge is 0.481 e. The van der Waals surface area contributed by atoms with Crippen molar-refractivity contribution in [2.24, 2.45) is 0 Å². The Morgan fingerprint density at radius 2 is 2.00 bits per heavy atom. The fourth-order valence-electron chi connectivity index (χ4n) is 3.05. The Balaban J connectivity index is 2.79. The van der Waals surface area contributed by atoms with E-state index in [2.05, 4.69) is 11.2 Å². The fraction of sp³-hybridized carbons (Fsp3) is 0.750.